The van der Waals surface area contributed by atoms with Crippen LogP contribution < -0.4 is 10.1 Å². The Morgan fingerprint density at radius 3 is 3.00 bits per heavy atom. The van der Waals surface area contributed by atoms with Crippen LogP contribution in [0.5, 0.6) is 5.88 Å². The van der Waals surface area contributed by atoms with E-state index in [9.17, 15) is 0 Å². The van der Waals surface area contributed by atoms with Crippen molar-refractivity contribution in [3.05, 3.63) is 18.1 Å². The maximum atomic E-state index is 5.19. The summed E-state index contributed by atoms with van der Waals surface area (Å²) in [7, 11) is 3.75. The number of aromatic nitrogens is 2. The van der Waals surface area contributed by atoms with Crippen LogP contribution in [0.25, 0.3) is 0 Å². The third-order valence-corrected chi connectivity index (χ3v) is 2.99. The summed E-state index contributed by atoms with van der Waals surface area (Å²) in [5.41, 5.74) is 0.902. The molecule has 1 aromatic heterocycles. The fourth-order valence-corrected chi connectivity index (χ4v) is 2.01. The average Bonchev–Trinajstić information content (AvgIpc) is 2.83. The van der Waals surface area contributed by atoms with Gasteiger partial charge in [0.1, 0.15) is 5.69 Å². The lowest BCUT2D eigenvalue weighted by molar-refractivity contribution is 0.240. The predicted molar refractivity (Wildman–Crippen MR) is 61.3 cm³/mol. The van der Waals surface area contributed by atoms with Crippen molar-refractivity contribution >= 4 is 0 Å². The largest absolute Gasteiger partial charge is 0.480 e. The van der Waals surface area contributed by atoms with Gasteiger partial charge in [-0.1, -0.05) is 0 Å². The molecule has 1 fully saturated rings. The molecule has 1 saturated heterocycles. The first-order chi connectivity index (χ1) is 7.81. The molecule has 0 spiro atoms. The Labute approximate surface area is 95.8 Å². The average molecular weight is 222 g/mol. The molecule has 1 aliphatic heterocycles. The van der Waals surface area contributed by atoms with Gasteiger partial charge in [0.2, 0.25) is 5.88 Å². The van der Waals surface area contributed by atoms with E-state index in [2.05, 4.69) is 27.2 Å². The van der Waals surface area contributed by atoms with Gasteiger partial charge in [-0.2, -0.15) is 0 Å². The maximum absolute atomic E-state index is 5.19. The van der Waals surface area contributed by atoms with Crippen molar-refractivity contribution in [1.82, 2.24) is 20.2 Å². The molecule has 0 unspecified atom stereocenters. The summed E-state index contributed by atoms with van der Waals surface area (Å²) in [4.78, 5) is 10.8. The van der Waals surface area contributed by atoms with E-state index in [-0.39, 0.29) is 0 Å². The summed E-state index contributed by atoms with van der Waals surface area (Å²) in [6.07, 6.45) is 4.55. The van der Waals surface area contributed by atoms with Gasteiger partial charge < -0.3 is 10.1 Å². The topological polar surface area (TPSA) is 50.3 Å². The molecular formula is C11H18N4O. The molecule has 0 bridgehead atoms. The molecular weight excluding hydrogens is 204 g/mol. The van der Waals surface area contributed by atoms with Crippen molar-refractivity contribution in [3.63, 3.8) is 0 Å². The molecule has 0 aromatic carbocycles. The van der Waals surface area contributed by atoms with Gasteiger partial charge in [0.15, 0.2) is 0 Å². The van der Waals surface area contributed by atoms with Gasteiger partial charge in [-0.15, -0.1) is 0 Å². The highest BCUT2D eigenvalue weighted by atomic mass is 16.5. The molecule has 2 heterocycles. The Balaban J connectivity index is 2.01. The van der Waals surface area contributed by atoms with Crippen LogP contribution in [0, 0.1) is 0 Å². The minimum Gasteiger partial charge on any atom is -0.480 e. The van der Waals surface area contributed by atoms with Crippen LogP contribution in [0.2, 0.25) is 0 Å². The number of hydrogen-bond acceptors (Lipinski definition) is 5. The van der Waals surface area contributed by atoms with Crippen molar-refractivity contribution in [3.8, 4) is 5.88 Å². The summed E-state index contributed by atoms with van der Waals surface area (Å²) in [6, 6.07) is 0.590. The maximum Gasteiger partial charge on any atom is 0.236 e. The van der Waals surface area contributed by atoms with E-state index in [0.717, 1.165) is 25.3 Å². The fourth-order valence-electron chi connectivity index (χ4n) is 2.01. The van der Waals surface area contributed by atoms with Crippen molar-refractivity contribution in [2.75, 3.05) is 27.2 Å². The minimum absolute atomic E-state index is 0.590. The monoisotopic (exact) mass is 222 g/mol. The number of ether oxygens (including phenoxy) is 1. The predicted octanol–water partition coefficient (Wildman–Crippen LogP) is 0.279. The third kappa shape index (κ3) is 2.48. The number of nitrogens with zero attached hydrogens (tertiary/aromatic N) is 3. The van der Waals surface area contributed by atoms with E-state index in [1.165, 1.54) is 6.42 Å². The minimum atomic E-state index is 0.590. The van der Waals surface area contributed by atoms with Crippen LogP contribution in [0.4, 0.5) is 0 Å². The Morgan fingerprint density at radius 2 is 2.31 bits per heavy atom. The van der Waals surface area contributed by atoms with E-state index >= 15 is 0 Å². The van der Waals surface area contributed by atoms with Crippen molar-refractivity contribution in [2.45, 2.75) is 19.0 Å². The van der Waals surface area contributed by atoms with Gasteiger partial charge in [-0.05, 0) is 20.0 Å². The lowest BCUT2D eigenvalue weighted by Crippen LogP contribution is -2.33. The quantitative estimate of drug-likeness (QED) is 0.793. The molecule has 5 nitrogen and oxygen atoms in total. The standard InChI is InChI=1S/C11H18N4O/c1-15(9-3-4-12-7-9)8-10-11(16-2)14-6-5-13-10/h5-6,9,12H,3-4,7-8H2,1-2H3/t9-/m0/s1. The van der Waals surface area contributed by atoms with Crippen LogP contribution >= 0.6 is 0 Å². The number of methoxy groups -OCH3 is 1. The zero-order valence-electron chi connectivity index (χ0n) is 9.81. The first-order valence-corrected chi connectivity index (χ1v) is 5.56. The summed E-state index contributed by atoms with van der Waals surface area (Å²) in [5.74, 6) is 0.625. The second-order valence-corrected chi connectivity index (χ2v) is 4.07. The van der Waals surface area contributed by atoms with Gasteiger partial charge in [-0.3, -0.25) is 9.88 Å². The lowest BCUT2D eigenvalue weighted by atomic mass is 10.2. The summed E-state index contributed by atoms with van der Waals surface area (Å²) in [5, 5.41) is 3.36. The molecule has 1 atom stereocenters. The lowest BCUT2D eigenvalue weighted by Gasteiger charge is -2.23. The zero-order valence-corrected chi connectivity index (χ0v) is 9.81. The van der Waals surface area contributed by atoms with Gasteiger partial charge in [0.05, 0.1) is 7.11 Å². The Bertz CT molecular complexity index is 339. The Kier molecular flexibility index (Phi) is 3.69. The highest BCUT2D eigenvalue weighted by Gasteiger charge is 2.20. The summed E-state index contributed by atoms with van der Waals surface area (Å²) >= 11 is 0. The number of rotatable bonds is 4. The molecule has 2 rings (SSSR count). The number of likely N-dealkylation sites (N-methyl/N-ethyl adjacent to an activating group) is 1. The first kappa shape index (κ1) is 11.3. The fraction of sp³-hybridized carbons (Fsp3) is 0.636. The second kappa shape index (κ2) is 5.23. The third-order valence-electron chi connectivity index (χ3n) is 2.99. The van der Waals surface area contributed by atoms with Crippen molar-refractivity contribution < 1.29 is 4.74 Å². The molecule has 0 saturated carbocycles. The molecule has 1 aliphatic rings. The van der Waals surface area contributed by atoms with E-state index in [1.807, 2.05) is 0 Å². The molecule has 0 aliphatic carbocycles. The van der Waals surface area contributed by atoms with Crippen LogP contribution in [0.3, 0.4) is 0 Å². The molecule has 1 N–H and O–H groups in total. The van der Waals surface area contributed by atoms with Gasteiger partial charge in [0.25, 0.3) is 0 Å². The molecule has 0 amide bonds. The smallest absolute Gasteiger partial charge is 0.236 e. The summed E-state index contributed by atoms with van der Waals surface area (Å²) < 4.78 is 5.19. The Morgan fingerprint density at radius 1 is 1.50 bits per heavy atom. The van der Waals surface area contributed by atoms with Crippen molar-refractivity contribution in [1.29, 1.82) is 0 Å². The van der Waals surface area contributed by atoms with Crippen LogP contribution in [-0.2, 0) is 6.54 Å². The second-order valence-electron chi connectivity index (χ2n) is 4.07. The molecule has 88 valence electrons. The van der Waals surface area contributed by atoms with Crippen LogP contribution in [0.1, 0.15) is 12.1 Å². The SMILES string of the molecule is COc1nccnc1CN(C)[C@H]1CCNC1. The Hall–Kier alpha value is -1.20. The van der Waals surface area contributed by atoms with Gasteiger partial charge in [0, 0.05) is 31.5 Å². The van der Waals surface area contributed by atoms with E-state index in [4.69, 9.17) is 4.74 Å². The molecule has 1 aromatic rings. The highest BCUT2D eigenvalue weighted by Crippen LogP contribution is 2.15. The van der Waals surface area contributed by atoms with Crippen LogP contribution in [-0.4, -0.2) is 48.2 Å². The zero-order chi connectivity index (χ0) is 11.4. The normalized spacial score (nSPS) is 20.3. The molecule has 5 heteroatoms. The molecule has 0 radical (unpaired) electrons. The van der Waals surface area contributed by atoms with Gasteiger partial charge >= 0.3 is 0 Å². The highest BCUT2D eigenvalue weighted by molar-refractivity contribution is 5.16. The number of nitrogens with one attached hydrogen (secondary N) is 1. The van der Waals surface area contributed by atoms with E-state index in [0.29, 0.717) is 11.9 Å². The van der Waals surface area contributed by atoms with Crippen LogP contribution in [0.15, 0.2) is 12.4 Å². The van der Waals surface area contributed by atoms with Gasteiger partial charge in [-0.25, -0.2) is 4.98 Å². The molecule has 16 heavy (non-hydrogen) atoms. The first-order valence-electron chi connectivity index (χ1n) is 5.56. The summed E-state index contributed by atoms with van der Waals surface area (Å²) in [6.45, 7) is 2.94. The van der Waals surface area contributed by atoms with E-state index in [1.54, 1.807) is 19.5 Å². The van der Waals surface area contributed by atoms with E-state index < -0.39 is 0 Å². The van der Waals surface area contributed by atoms with Crippen molar-refractivity contribution in [2.24, 2.45) is 0 Å². The number of hydrogen-bond donors (Lipinski definition) is 1.